The fraction of sp³-hybridized carbons (Fsp3) is 0.278. The molecule has 0 aliphatic rings. The van der Waals surface area contributed by atoms with Crippen LogP contribution in [0, 0.1) is 6.92 Å². The lowest BCUT2D eigenvalue weighted by Gasteiger charge is -2.22. The molecule has 122 valence electrons. The molecule has 0 unspecified atom stereocenters. The maximum absolute atomic E-state index is 5.72. The molecule has 1 N–H and O–H groups in total. The summed E-state index contributed by atoms with van der Waals surface area (Å²) in [5.74, 6) is 1.63. The van der Waals surface area contributed by atoms with E-state index in [0.717, 1.165) is 22.7 Å². The van der Waals surface area contributed by atoms with Crippen molar-refractivity contribution in [3.63, 3.8) is 0 Å². The Balaban J connectivity index is 1.78. The Morgan fingerprint density at radius 2 is 1.74 bits per heavy atom. The van der Waals surface area contributed by atoms with Gasteiger partial charge in [0, 0.05) is 12.7 Å². The van der Waals surface area contributed by atoms with E-state index in [0.29, 0.717) is 18.3 Å². The average Bonchev–Trinajstić information content (AvgIpc) is 2.57. The van der Waals surface area contributed by atoms with Gasteiger partial charge in [-0.2, -0.15) is 0 Å². The molecule has 0 aliphatic heterocycles. The summed E-state index contributed by atoms with van der Waals surface area (Å²) < 4.78 is 10.8. The monoisotopic (exact) mass is 330 g/mol. The maximum atomic E-state index is 5.72. The number of nitrogens with one attached hydrogen (secondary N) is 1. The number of hydrogen-bond donors (Lipinski definition) is 1. The van der Waals surface area contributed by atoms with E-state index >= 15 is 0 Å². The average molecular weight is 330 g/mol. The lowest BCUT2D eigenvalue weighted by Crippen LogP contribution is -2.34. The Bertz CT molecular complexity index is 644. The van der Waals surface area contributed by atoms with E-state index in [1.807, 2.05) is 54.4 Å². The van der Waals surface area contributed by atoms with E-state index in [-0.39, 0.29) is 0 Å². The summed E-state index contributed by atoms with van der Waals surface area (Å²) in [7, 11) is 3.60. The number of methoxy groups -OCH3 is 1. The molecule has 0 fully saturated rings. The minimum Gasteiger partial charge on any atom is -0.497 e. The molecule has 0 aromatic heterocycles. The Labute approximate surface area is 143 Å². The number of nitrogens with zero attached hydrogens (tertiary/aromatic N) is 1. The predicted molar refractivity (Wildman–Crippen MR) is 98.5 cm³/mol. The predicted octanol–water partition coefficient (Wildman–Crippen LogP) is 3.71. The number of thiocarbonyl (C=S) groups is 1. The molecule has 4 nitrogen and oxygen atoms in total. The number of ether oxygens (including phenoxy) is 2. The lowest BCUT2D eigenvalue weighted by molar-refractivity contribution is 0.285. The van der Waals surface area contributed by atoms with E-state index in [1.54, 1.807) is 7.11 Å². The third-order valence-corrected chi connectivity index (χ3v) is 3.90. The van der Waals surface area contributed by atoms with Gasteiger partial charge >= 0.3 is 0 Å². The molecule has 2 aromatic rings. The second-order valence-electron chi connectivity index (χ2n) is 5.19. The van der Waals surface area contributed by atoms with E-state index in [4.69, 9.17) is 21.7 Å². The van der Waals surface area contributed by atoms with Crippen LogP contribution < -0.4 is 14.8 Å². The maximum Gasteiger partial charge on any atom is 0.173 e. The van der Waals surface area contributed by atoms with Crippen molar-refractivity contribution in [1.82, 2.24) is 4.90 Å². The SMILES string of the molecule is COc1ccc(OCCN(C)C(=S)Nc2ccccc2C)cc1. The number of anilines is 1. The van der Waals surface area contributed by atoms with Gasteiger partial charge in [0.15, 0.2) is 5.11 Å². The van der Waals surface area contributed by atoms with E-state index in [2.05, 4.69) is 18.3 Å². The van der Waals surface area contributed by atoms with Crippen molar-refractivity contribution in [2.24, 2.45) is 0 Å². The van der Waals surface area contributed by atoms with Crippen molar-refractivity contribution < 1.29 is 9.47 Å². The molecule has 0 saturated carbocycles. The zero-order valence-electron chi connectivity index (χ0n) is 13.7. The van der Waals surface area contributed by atoms with E-state index in [1.165, 1.54) is 0 Å². The molecular weight excluding hydrogens is 308 g/mol. The molecule has 0 saturated heterocycles. The standard InChI is InChI=1S/C18H22N2O2S/c1-14-6-4-5-7-17(14)19-18(23)20(2)12-13-22-16-10-8-15(21-3)9-11-16/h4-11H,12-13H2,1-3H3,(H,19,23). The highest BCUT2D eigenvalue weighted by Crippen LogP contribution is 2.17. The van der Waals surface area contributed by atoms with Crippen LogP contribution in [-0.4, -0.2) is 37.3 Å². The molecule has 0 radical (unpaired) electrons. The third-order valence-electron chi connectivity index (χ3n) is 3.49. The van der Waals surface area contributed by atoms with Gasteiger partial charge in [-0.05, 0) is 55.0 Å². The molecule has 0 heterocycles. The number of benzene rings is 2. The molecule has 0 bridgehead atoms. The van der Waals surface area contributed by atoms with Crippen LogP contribution in [0.1, 0.15) is 5.56 Å². The van der Waals surface area contributed by atoms with Gasteiger partial charge in [-0.25, -0.2) is 0 Å². The first kappa shape index (κ1) is 17.1. The highest BCUT2D eigenvalue weighted by molar-refractivity contribution is 7.80. The normalized spacial score (nSPS) is 10.0. The summed E-state index contributed by atoms with van der Waals surface area (Å²) >= 11 is 5.42. The number of hydrogen-bond acceptors (Lipinski definition) is 3. The van der Waals surface area contributed by atoms with Crippen LogP contribution in [0.4, 0.5) is 5.69 Å². The number of para-hydroxylation sites is 1. The summed E-state index contributed by atoms with van der Waals surface area (Å²) in [5.41, 5.74) is 2.19. The summed E-state index contributed by atoms with van der Waals surface area (Å²) in [6.07, 6.45) is 0. The molecule has 2 rings (SSSR count). The van der Waals surface area contributed by atoms with Crippen LogP contribution in [0.25, 0.3) is 0 Å². The number of aryl methyl sites for hydroxylation is 1. The fourth-order valence-electron chi connectivity index (χ4n) is 2.00. The van der Waals surface area contributed by atoms with Gasteiger partial charge in [0.25, 0.3) is 0 Å². The van der Waals surface area contributed by atoms with E-state index in [9.17, 15) is 0 Å². The van der Waals surface area contributed by atoms with Crippen molar-refractivity contribution in [2.45, 2.75) is 6.92 Å². The quantitative estimate of drug-likeness (QED) is 0.817. The van der Waals surface area contributed by atoms with Gasteiger partial charge < -0.3 is 19.7 Å². The highest BCUT2D eigenvalue weighted by atomic mass is 32.1. The molecule has 0 aliphatic carbocycles. The molecule has 0 amide bonds. The van der Waals surface area contributed by atoms with Gasteiger partial charge in [0.2, 0.25) is 0 Å². The van der Waals surface area contributed by atoms with Crippen LogP contribution in [0.2, 0.25) is 0 Å². The van der Waals surface area contributed by atoms with Crippen LogP contribution in [0.15, 0.2) is 48.5 Å². The second kappa shape index (κ2) is 8.39. The van der Waals surface area contributed by atoms with E-state index < -0.39 is 0 Å². The van der Waals surface area contributed by atoms with Gasteiger partial charge in [-0.1, -0.05) is 18.2 Å². The largest absolute Gasteiger partial charge is 0.497 e. The molecule has 5 heteroatoms. The van der Waals surface area contributed by atoms with Crippen molar-refractivity contribution in [3.8, 4) is 11.5 Å². The highest BCUT2D eigenvalue weighted by Gasteiger charge is 2.06. The molecule has 2 aromatic carbocycles. The summed E-state index contributed by atoms with van der Waals surface area (Å²) in [5, 5.41) is 3.94. The van der Waals surface area contributed by atoms with Crippen molar-refractivity contribution in [3.05, 3.63) is 54.1 Å². The minimum absolute atomic E-state index is 0.554. The van der Waals surface area contributed by atoms with Crippen molar-refractivity contribution >= 4 is 23.0 Å². The van der Waals surface area contributed by atoms with Crippen LogP contribution in [0.3, 0.4) is 0 Å². The Morgan fingerprint density at radius 1 is 1.09 bits per heavy atom. The molecule has 23 heavy (non-hydrogen) atoms. The van der Waals surface area contributed by atoms with Gasteiger partial charge in [0.05, 0.1) is 13.7 Å². The first-order valence-corrected chi connectivity index (χ1v) is 7.85. The van der Waals surface area contributed by atoms with Crippen LogP contribution >= 0.6 is 12.2 Å². The Kier molecular flexibility index (Phi) is 6.23. The van der Waals surface area contributed by atoms with Gasteiger partial charge in [-0.3, -0.25) is 0 Å². The zero-order valence-corrected chi connectivity index (χ0v) is 14.5. The Morgan fingerprint density at radius 3 is 2.39 bits per heavy atom. The first-order valence-electron chi connectivity index (χ1n) is 7.45. The summed E-state index contributed by atoms with van der Waals surface area (Å²) in [4.78, 5) is 1.96. The van der Waals surface area contributed by atoms with Crippen LogP contribution in [0.5, 0.6) is 11.5 Å². The number of likely N-dealkylation sites (N-methyl/N-ethyl adjacent to an activating group) is 1. The Hall–Kier alpha value is -2.27. The van der Waals surface area contributed by atoms with Crippen LogP contribution in [-0.2, 0) is 0 Å². The molecule has 0 atom stereocenters. The van der Waals surface area contributed by atoms with Crippen molar-refractivity contribution in [1.29, 1.82) is 0 Å². The lowest BCUT2D eigenvalue weighted by atomic mass is 10.2. The topological polar surface area (TPSA) is 33.7 Å². The first-order chi connectivity index (χ1) is 11.1. The summed E-state index contributed by atoms with van der Waals surface area (Å²) in [6, 6.07) is 15.6. The fourth-order valence-corrected chi connectivity index (χ4v) is 2.20. The second-order valence-corrected chi connectivity index (χ2v) is 5.58. The van der Waals surface area contributed by atoms with Crippen molar-refractivity contribution in [2.75, 3.05) is 32.6 Å². The minimum atomic E-state index is 0.554. The molecule has 0 spiro atoms. The zero-order chi connectivity index (χ0) is 16.7. The smallest absolute Gasteiger partial charge is 0.173 e. The third kappa shape index (κ3) is 5.14. The molecular formula is C18H22N2O2S. The number of rotatable bonds is 6. The summed E-state index contributed by atoms with van der Waals surface area (Å²) in [6.45, 7) is 3.31. The van der Waals surface area contributed by atoms with Gasteiger partial charge in [0.1, 0.15) is 18.1 Å². The van der Waals surface area contributed by atoms with Gasteiger partial charge in [-0.15, -0.1) is 0 Å².